The molecule has 0 atom stereocenters. The minimum absolute atomic E-state index is 0.581. The smallest absolute Gasteiger partial charge is 0.258 e. The van der Waals surface area contributed by atoms with Crippen LogP contribution in [0.1, 0.15) is 0 Å². The molecule has 0 amide bonds. The Kier molecular flexibility index (Phi) is 1.53. The zero-order valence-corrected chi connectivity index (χ0v) is 5.11. The molecule has 0 spiro atoms. The van der Waals surface area contributed by atoms with Crippen molar-refractivity contribution in [3.05, 3.63) is 29.4 Å². The van der Waals surface area contributed by atoms with Gasteiger partial charge >= 0.3 is 0 Å². The molecule has 0 unspecified atom stereocenters. The summed E-state index contributed by atoms with van der Waals surface area (Å²) >= 11 is 0. The molecule has 3 heteroatoms. The fraction of sp³-hybridized carbons (Fsp3) is 0.167. The van der Waals surface area contributed by atoms with Crippen molar-refractivity contribution in [3.8, 4) is 0 Å². The van der Waals surface area contributed by atoms with Gasteiger partial charge in [-0.05, 0) is 6.07 Å². The number of rotatable bonds is 1. The predicted octanol–water partition coefficient (Wildman–Crippen LogP) is 1.12. The third kappa shape index (κ3) is 1.32. The maximum absolute atomic E-state index is 10.5. The number of pyridine rings is 1. The molecule has 1 aromatic heterocycles. The van der Waals surface area contributed by atoms with Gasteiger partial charge in [0.25, 0.3) is 5.69 Å². The lowest BCUT2D eigenvalue weighted by Gasteiger charge is -1.81. The minimum Gasteiger partial charge on any atom is -0.258 e. The molecule has 0 fully saturated rings. The van der Waals surface area contributed by atoms with Crippen LogP contribution in [0.4, 0.5) is 5.69 Å². The number of nitrogens with zero attached hydrogens (tertiary/aromatic N) is 2. The van der Waals surface area contributed by atoms with Gasteiger partial charge in [0.15, 0.2) is 7.05 Å². The van der Waals surface area contributed by atoms with E-state index < -0.39 is 0 Å². The van der Waals surface area contributed by atoms with Crippen LogP contribution in [0, 0.1) is 4.91 Å². The Balaban J connectivity index is 2.98. The summed E-state index contributed by atoms with van der Waals surface area (Å²) in [5.41, 5.74) is 0.581. The maximum Gasteiger partial charge on any atom is 0.273 e. The Morgan fingerprint density at radius 2 is 2.44 bits per heavy atom. The van der Waals surface area contributed by atoms with E-state index in [2.05, 4.69) is 4.98 Å². The zero-order valence-electron chi connectivity index (χ0n) is 5.11. The molecule has 0 bridgehead atoms. The summed E-state index contributed by atoms with van der Waals surface area (Å²) in [5, 5.41) is 0. The summed E-state index contributed by atoms with van der Waals surface area (Å²) in [6, 6.07) is 3.43. The Bertz CT molecular complexity index is 208. The van der Waals surface area contributed by atoms with Crippen molar-refractivity contribution in [1.29, 1.82) is 0 Å². The van der Waals surface area contributed by atoms with E-state index in [0.29, 0.717) is 5.69 Å². The van der Waals surface area contributed by atoms with Crippen LogP contribution in [-0.4, -0.2) is 16.8 Å². The van der Waals surface area contributed by atoms with Gasteiger partial charge in [0.1, 0.15) is 6.20 Å². The van der Waals surface area contributed by atoms with Crippen molar-refractivity contribution in [1.82, 2.24) is 4.98 Å². The summed E-state index contributed by atoms with van der Waals surface area (Å²) in [5.74, 6) is 0. The van der Waals surface area contributed by atoms with E-state index in [-0.39, 0.29) is 0 Å². The van der Waals surface area contributed by atoms with E-state index >= 15 is 0 Å². The summed E-state index contributed by atoms with van der Waals surface area (Å²) in [4.78, 5) is 14.3. The Morgan fingerprint density at radius 3 is 2.78 bits per heavy atom. The summed E-state index contributed by atoms with van der Waals surface area (Å²) in [6.45, 7) is 0. The first kappa shape index (κ1) is 5.88. The van der Waals surface area contributed by atoms with E-state index in [9.17, 15) is 4.91 Å². The standard InChI is InChI=1S/C6H7N2O/c1-8(9)6-3-2-4-7-5-6/h2-5H,1H3/q+1. The lowest BCUT2D eigenvalue weighted by atomic mass is 10.4. The second-order valence-corrected chi connectivity index (χ2v) is 1.71. The molecule has 0 radical (unpaired) electrons. The highest BCUT2D eigenvalue weighted by atomic mass is 16.3. The summed E-state index contributed by atoms with van der Waals surface area (Å²) < 4.78 is 0.771. The van der Waals surface area contributed by atoms with Crippen LogP contribution in [0.2, 0.25) is 0 Å². The van der Waals surface area contributed by atoms with Crippen LogP contribution in [-0.2, 0) is 0 Å². The number of hydrogen-bond acceptors (Lipinski definition) is 2. The molecule has 0 aliphatic carbocycles. The molecule has 0 aromatic carbocycles. The first-order chi connectivity index (χ1) is 4.30. The summed E-state index contributed by atoms with van der Waals surface area (Å²) in [7, 11) is 1.44. The van der Waals surface area contributed by atoms with Gasteiger partial charge in [-0.3, -0.25) is 4.98 Å². The molecule has 0 saturated carbocycles. The van der Waals surface area contributed by atoms with Gasteiger partial charge in [-0.25, -0.2) is 0 Å². The van der Waals surface area contributed by atoms with Crippen molar-refractivity contribution < 1.29 is 4.76 Å². The van der Waals surface area contributed by atoms with Crippen molar-refractivity contribution >= 4 is 5.69 Å². The highest BCUT2D eigenvalue weighted by Gasteiger charge is 2.02. The Labute approximate surface area is 52.9 Å². The van der Waals surface area contributed by atoms with Crippen molar-refractivity contribution in [2.24, 2.45) is 0 Å². The van der Waals surface area contributed by atoms with Gasteiger partial charge in [-0.2, -0.15) is 0 Å². The first-order valence-electron chi connectivity index (χ1n) is 2.61. The number of hydrogen-bond donors (Lipinski definition) is 0. The molecular weight excluding hydrogens is 116 g/mol. The van der Waals surface area contributed by atoms with Gasteiger partial charge in [0.2, 0.25) is 0 Å². The fourth-order valence-electron chi connectivity index (χ4n) is 0.540. The van der Waals surface area contributed by atoms with Crippen LogP contribution < -0.4 is 0 Å². The third-order valence-corrected chi connectivity index (χ3v) is 1.01. The normalized spacial score (nSPS) is 9.00. The average Bonchev–Trinajstić information content (AvgIpc) is 1.90. The SMILES string of the molecule is C[N+](=O)c1cccnc1. The highest BCUT2D eigenvalue weighted by molar-refractivity contribution is 5.22. The lowest BCUT2D eigenvalue weighted by molar-refractivity contribution is -0.428. The van der Waals surface area contributed by atoms with Crippen molar-refractivity contribution in [3.63, 3.8) is 0 Å². The predicted molar refractivity (Wildman–Crippen MR) is 33.4 cm³/mol. The largest absolute Gasteiger partial charge is 0.273 e. The molecule has 1 heterocycles. The molecular formula is C6H7N2O+. The zero-order chi connectivity index (χ0) is 6.69. The van der Waals surface area contributed by atoms with E-state index in [4.69, 9.17) is 0 Å². The minimum atomic E-state index is 0.581. The topological polar surface area (TPSA) is 33.0 Å². The first-order valence-corrected chi connectivity index (χ1v) is 2.61. The monoisotopic (exact) mass is 123 g/mol. The van der Waals surface area contributed by atoms with Crippen LogP contribution in [0.25, 0.3) is 0 Å². The van der Waals surface area contributed by atoms with Crippen LogP contribution in [0.15, 0.2) is 24.5 Å². The van der Waals surface area contributed by atoms with Crippen LogP contribution in [0.5, 0.6) is 0 Å². The molecule has 0 aliphatic heterocycles. The molecule has 0 aliphatic rings. The number of aromatic nitrogens is 1. The quantitative estimate of drug-likeness (QED) is 0.524. The third-order valence-electron chi connectivity index (χ3n) is 1.01. The molecule has 1 aromatic rings. The Morgan fingerprint density at radius 1 is 1.67 bits per heavy atom. The van der Waals surface area contributed by atoms with Gasteiger partial charge in [-0.1, -0.05) is 0 Å². The maximum atomic E-state index is 10.5. The van der Waals surface area contributed by atoms with E-state index in [1.807, 2.05) is 0 Å². The van der Waals surface area contributed by atoms with Crippen molar-refractivity contribution in [2.45, 2.75) is 0 Å². The van der Waals surface area contributed by atoms with E-state index in [1.165, 1.54) is 13.2 Å². The second-order valence-electron chi connectivity index (χ2n) is 1.71. The van der Waals surface area contributed by atoms with E-state index in [0.717, 1.165) is 4.76 Å². The highest BCUT2D eigenvalue weighted by Crippen LogP contribution is 2.03. The molecule has 9 heavy (non-hydrogen) atoms. The van der Waals surface area contributed by atoms with Gasteiger partial charge in [0, 0.05) is 21.9 Å². The van der Waals surface area contributed by atoms with Crippen molar-refractivity contribution in [2.75, 3.05) is 7.05 Å². The number of nitroso groups, excluding NO2 is 1. The van der Waals surface area contributed by atoms with Gasteiger partial charge in [0.05, 0.1) is 0 Å². The second kappa shape index (κ2) is 2.35. The Hall–Kier alpha value is -1.25. The fourth-order valence-corrected chi connectivity index (χ4v) is 0.540. The van der Waals surface area contributed by atoms with Crippen LogP contribution >= 0.6 is 0 Å². The average molecular weight is 123 g/mol. The lowest BCUT2D eigenvalue weighted by Crippen LogP contribution is -1.89. The summed E-state index contributed by atoms with van der Waals surface area (Å²) in [6.07, 6.45) is 3.15. The molecule has 0 N–H and O–H groups in total. The molecule has 0 saturated heterocycles. The van der Waals surface area contributed by atoms with Crippen LogP contribution in [0.3, 0.4) is 0 Å². The van der Waals surface area contributed by atoms with Gasteiger partial charge in [-0.15, -0.1) is 0 Å². The molecule has 1 rings (SSSR count). The van der Waals surface area contributed by atoms with Gasteiger partial charge < -0.3 is 0 Å². The molecule has 3 nitrogen and oxygen atoms in total. The van der Waals surface area contributed by atoms with E-state index in [1.54, 1.807) is 18.3 Å². The molecule has 46 valence electrons.